The van der Waals surface area contributed by atoms with Crippen molar-refractivity contribution in [2.75, 3.05) is 0 Å². The first-order valence-electron chi connectivity index (χ1n) is 3.51. The zero-order chi connectivity index (χ0) is 11.8. The molecule has 0 aliphatic heterocycles. The van der Waals surface area contributed by atoms with Crippen molar-refractivity contribution in [3.63, 3.8) is 0 Å². The van der Waals surface area contributed by atoms with Crippen LogP contribution in [0.2, 0.25) is 0 Å². The number of rotatable bonds is 1. The van der Waals surface area contributed by atoms with Gasteiger partial charge in [0, 0.05) is 0 Å². The van der Waals surface area contributed by atoms with Gasteiger partial charge < -0.3 is 4.98 Å². The van der Waals surface area contributed by atoms with Crippen LogP contribution in [0.25, 0.3) is 0 Å². The van der Waals surface area contributed by atoms with E-state index < -0.39 is 33.0 Å². The van der Waals surface area contributed by atoms with E-state index in [2.05, 4.69) is 0 Å². The number of aromatic nitrogens is 1. The molecule has 0 amide bonds. The Bertz CT molecular complexity index is 424. The van der Waals surface area contributed by atoms with Gasteiger partial charge >= 0.3 is 6.18 Å². The van der Waals surface area contributed by atoms with Gasteiger partial charge in [0.25, 0.3) is 12.0 Å². The number of aromatic amines is 1. The second-order valence-electron chi connectivity index (χ2n) is 2.58. The molecule has 0 fully saturated rings. The maximum absolute atomic E-state index is 12.3. The van der Waals surface area contributed by atoms with E-state index in [-0.39, 0.29) is 6.07 Å². The Labute approximate surface area is 93.6 Å². The lowest BCUT2D eigenvalue weighted by molar-refractivity contribution is -0.138. The van der Waals surface area contributed by atoms with Crippen LogP contribution < -0.4 is 5.56 Å². The average Bonchev–Trinajstić information content (AvgIpc) is 2.00. The van der Waals surface area contributed by atoms with E-state index in [0.717, 1.165) is 0 Å². The van der Waals surface area contributed by atoms with Crippen LogP contribution in [0.15, 0.2) is 10.9 Å². The molecule has 0 saturated heterocycles. The summed E-state index contributed by atoms with van der Waals surface area (Å²) in [4.78, 5) is 12.6. The van der Waals surface area contributed by atoms with Gasteiger partial charge in [-0.3, -0.25) is 4.79 Å². The van der Waals surface area contributed by atoms with Crippen LogP contribution >= 0.6 is 22.6 Å². The molecular formula is C7H3F5INO. The minimum Gasteiger partial charge on any atom is -0.316 e. The van der Waals surface area contributed by atoms with Gasteiger partial charge in [-0.2, -0.15) is 13.2 Å². The Balaban J connectivity index is 3.44. The number of halogens is 6. The molecule has 0 bridgehead atoms. The summed E-state index contributed by atoms with van der Waals surface area (Å²) in [6.45, 7) is 0. The fourth-order valence-electron chi connectivity index (χ4n) is 0.892. The molecule has 15 heavy (non-hydrogen) atoms. The van der Waals surface area contributed by atoms with Crippen LogP contribution in [-0.4, -0.2) is 4.98 Å². The first-order valence-corrected chi connectivity index (χ1v) is 4.59. The quantitative estimate of drug-likeness (QED) is 0.476. The molecule has 0 aliphatic carbocycles. The summed E-state index contributed by atoms with van der Waals surface area (Å²) in [7, 11) is 0. The number of H-pyrrole nitrogens is 1. The average molecular weight is 339 g/mol. The summed E-state index contributed by atoms with van der Waals surface area (Å²) in [6, 6.07) is 0.172. The second kappa shape index (κ2) is 4.06. The smallest absolute Gasteiger partial charge is 0.316 e. The number of pyridine rings is 1. The summed E-state index contributed by atoms with van der Waals surface area (Å²) in [6.07, 6.45) is -7.99. The largest absolute Gasteiger partial charge is 0.418 e. The number of hydrogen-bond acceptors (Lipinski definition) is 1. The third-order valence-electron chi connectivity index (χ3n) is 1.56. The lowest BCUT2D eigenvalue weighted by Crippen LogP contribution is -2.19. The first-order chi connectivity index (χ1) is 6.73. The third-order valence-corrected chi connectivity index (χ3v) is 2.41. The molecule has 0 spiro atoms. The van der Waals surface area contributed by atoms with Crippen molar-refractivity contribution in [3.8, 4) is 0 Å². The van der Waals surface area contributed by atoms with E-state index in [0.29, 0.717) is 0 Å². The fraction of sp³-hybridized carbons (Fsp3) is 0.286. The molecule has 0 saturated carbocycles. The first kappa shape index (κ1) is 12.4. The zero-order valence-electron chi connectivity index (χ0n) is 6.83. The fourth-order valence-corrected chi connectivity index (χ4v) is 1.60. The molecule has 0 unspecified atom stereocenters. The highest BCUT2D eigenvalue weighted by atomic mass is 127. The minimum absolute atomic E-state index is 0.172. The molecule has 8 heteroatoms. The summed E-state index contributed by atoms with van der Waals surface area (Å²) in [5, 5.41) is 0. The normalized spacial score (nSPS) is 12.2. The van der Waals surface area contributed by atoms with Crippen molar-refractivity contribution < 1.29 is 22.0 Å². The topological polar surface area (TPSA) is 32.9 Å². The van der Waals surface area contributed by atoms with E-state index in [4.69, 9.17) is 0 Å². The Morgan fingerprint density at radius 1 is 1.33 bits per heavy atom. The zero-order valence-corrected chi connectivity index (χ0v) is 8.99. The highest BCUT2D eigenvalue weighted by Crippen LogP contribution is 2.32. The van der Waals surface area contributed by atoms with Crippen molar-refractivity contribution >= 4 is 22.6 Å². The molecule has 0 aliphatic rings. The maximum Gasteiger partial charge on any atom is 0.418 e. The molecule has 0 radical (unpaired) electrons. The molecule has 0 aromatic carbocycles. The summed E-state index contributed by atoms with van der Waals surface area (Å²) >= 11 is 1.23. The summed E-state index contributed by atoms with van der Waals surface area (Å²) in [5.41, 5.74) is -3.65. The highest BCUT2D eigenvalue weighted by Gasteiger charge is 2.35. The van der Waals surface area contributed by atoms with E-state index in [1.165, 1.54) is 22.6 Å². The SMILES string of the molecule is O=c1[nH]c(I)c(C(F)(F)F)cc1C(F)F. The molecule has 1 N–H and O–H groups in total. The molecule has 1 heterocycles. The molecule has 1 rings (SSSR count). The van der Waals surface area contributed by atoms with Gasteiger partial charge in [-0.05, 0) is 28.7 Å². The Morgan fingerprint density at radius 3 is 2.27 bits per heavy atom. The van der Waals surface area contributed by atoms with Crippen molar-refractivity contribution in [2.45, 2.75) is 12.6 Å². The second-order valence-corrected chi connectivity index (χ2v) is 3.66. The van der Waals surface area contributed by atoms with Crippen molar-refractivity contribution in [1.82, 2.24) is 4.98 Å². The predicted octanol–water partition coefficient (Wildman–Crippen LogP) is 2.94. The number of alkyl halides is 5. The van der Waals surface area contributed by atoms with E-state index in [9.17, 15) is 26.7 Å². The van der Waals surface area contributed by atoms with Gasteiger partial charge in [0.05, 0.1) is 14.8 Å². The molecule has 1 aromatic heterocycles. The van der Waals surface area contributed by atoms with Crippen molar-refractivity contribution in [3.05, 3.63) is 31.2 Å². The Kier molecular flexibility index (Phi) is 3.36. The molecule has 2 nitrogen and oxygen atoms in total. The molecular weight excluding hydrogens is 336 g/mol. The van der Waals surface area contributed by atoms with E-state index >= 15 is 0 Å². The van der Waals surface area contributed by atoms with Crippen LogP contribution in [0.3, 0.4) is 0 Å². The van der Waals surface area contributed by atoms with Crippen LogP contribution in [0, 0.1) is 3.70 Å². The van der Waals surface area contributed by atoms with Crippen molar-refractivity contribution in [2.24, 2.45) is 0 Å². The van der Waals surface area contributed by atoms with Crippen LogP contribution in [0.5, 0.6) is 0 Å². The van der Waals surface area contributed by atoms with Gasteiger partial charge in [-0.1, -0.05) is 0 Å². The lowest BCUT2D eigenvalue weighted by Gasteiger charge is -2.09. The van der Waals surface area contributed by atoms with Crippen LogP contribution in [-0.2, 0) is 6.18 Å². The summed E-state index contributed by atoms with van der Waals surface area (Å²) < 4.78 is 60.5. The Morgan fingerprint density at radius 2 is 1.87 bits per heavy atom. The van der Waals surface area contributed by atoms with Gasteiger partial charge in [-0.25, -0.2) is 8.78 Å². The highest BCUT2D eigenvalue weighted by molar-refractivity contribution is 14.1. The monoisotopic (exact) mass is 339 g/mol. The standard InChI is InChI=1S/C7H3F5INO/c8-4(9)2-1-3(7(10,11)12)5(13)14-6(2)15/h1,4H,(H,14,15). The van der Waals surface area contributed by atoms with Crippen LogP contribution in [0.4, 0.5) is 22.0 Å². The minimum atomic E-state index is -4.76. The lowest BCUT2D eigenvalue weighted by atomic mass is 10.2. The van der Waals surface area contributed by atoms with E-state index in [1.54, 1.807) is 4.98 Å². The third kappa shape index (κ3) is 2.67. The molecule has 84 valence electrons. The molecule has 0 atom stereocenters. The summed E-state index contributed by atoms with van der Waals surface area (Å²) in [5.74, 6) is 0. The predicted molar refractivity (Wildman–Crippen MR) is 49.7 cm³/mol. The number of nitrogens with one attached hydrogen (secondary N) is 1. The molecule has 1 aromatic rings. The van der Waals surface area contributed by atoms with Gasteiger partial charge in [0.15, 0.2) is 0 Å². The Hall–Kier alpha value is -0.670. The van der Waals surface area contributed by atoms with Gasteiger partial charge in [0.2, 0.25) is 0 Å². The van der Waals surface area contributed by atoms with Crippen LogP contribution in [0.1, 0.15) is 17.6 Å². The number of hydrogen-bond donors (Lipinski definition) is 1. The van der Waals surface area contributed by atoms with Crippen molar-refractivity contribution in [1.29, 1.82) is 0 Å². The van der Waals surface area contributed by atoms with E-state index in [1.807, 2.05) is 0 Å². The van der Waals surface area contributed by atoms with Gasteiger partial charge in [-0.15, -0.1) is 0 Å². The van der Waals surface area contributed by atoms with Gasteiger partial charge in [0.1, 0.15) is 0 Å². The maximum atomic E-state index is 12.3.